The van der Waals surface area contributed by atoms with Crippen LogP contribution in [0.2, 0.25) is 0 Å². The predicted molar refractivity (Wildman–Crippen MR) is 165 cm³/mol. The highest BCUT2D eigenvalue weighted by Crippen LogP contribution is 2.66. The fourth-order valence-corrected chi connectivity index (χ4v) is 8.11. The molecule has 0 bridgehead atoms. The number of hydrogen-bond acceptors (Lipinski definition) is 12. The third-order valence-corrected chi connectivity index (χ3v) is 10.0. The average Bonchev–Trinajstić information content (AvgIpc) is 3.21. The maximum Gasteiger partial charge on any atom is 0.338 e. The molecule has 3 aliphatic carbocycles. The minimum absolute atomic E-state index is 0.143. The molecule has 256 valence electrons. The van der Waals surface area contributed by atoms with Crippen LogP contribution in [-0.4, -0.2) is 82.3 Å². The van der Waals surface area contributed by atoms with Crippen molar-refractivity contribution in [2.45, 2.75) is 110 Å². The van der Waals surface area contributed by atoms with E-state index >= 15 is 0 Å². The van der Waals surface area contributed by atoms with Gasteiger partial charge in [0, 0.05) is 46.5 Å². The van der Waals surface area contributed by atoms with Gasteiger partial charge in [0.2, 0.25) is 0 Å². The highest BCUT2D eigenvalue weighted by molar-refractivity contribution is 5.89. The largest absolute Gasteiger partial charge is 0.462 e. The zero-order chi connectivity index (χ0) is 35.2. The van der Waals surface area contributed by atoms with Crippen molar-refractivity contribution in [2.24, 2.45) is 16.7 Å². The van der Waals surface area contributed by atoms with Gasteiger partial charge in [0.1, 0.15) is 18.3 Å². The molecule has 6 unspecified atom stereocenters. The summed E-state index contributed by atoms with van der Waals surface area (Å²) in [5, 5.41) is 23.6. The fourth-order valence-electron chi connectivity index (χ4n) is 8.11. The first-order valence-corrected chi connectivity index (χ1v) is 15.5. The van der Waals surface area contributed by atoms with Crippen LogP contribution in [-0.2, 0) is 42.9 Å². The van der Waals surface area contributed by atoms with Crippen molar-refractivity contribution >= 4 is 29.8 Å². The molecule has 0 spiro atoms. The van der Waals surface area contributed by atoms with E-state index in [2.05, 4.69) is 6.58 Å². The minimum atomic E-state index is -1.82. The molecule has 1 aromatic carbocycles. The first-order chi connectivity index (χ1) is 21.8. The zero-order valence-electron chi connectivity index (χ0n) is 28.0. The second kappa shape index (κ2) is 12.9. The van der Waals surface area contributed by atoms with E-state index in [0.717, 1.165) is 6.92 Å². The molecule has 12 heteroatoms. The summed E-state index contributed by atoms with van der Waals surface area (Å²) in [6, 6.07) is 8.07. The maximum atomic E-state index is 13.9. The van der Waals surface area contributed by atoms with Crippen LogP contribution in [0.15, 0.2) is 53.6 Å². The van der Waals surface area contributed by atoms with Crippen LogP contribution in [0.1, 0.15) is 78.6 Å². The van der Waals surface area contributed by atoms with Crippen LogP contribution in [0.4, 0.5) is 0 Å². The summed E-state index contributed by atoms with van der Waals surface area (Å²) < 4.78 is 30.1. The van der Waals surface area contributed by atoms with Gasteiger partial charge in [-0.2, -0.15) is 0 Å². The van der Waals surface area contributed by atoms with E-state index in [9.17, 15) is 34.2 Å². The molecule has 1 aromatic rings. The smallest absolute Gasteiger partial charge is 0.338 e. The van der Waals surface area contributed by atoms with Gasteiger partial charge in [-0.15, -0.1) is 0 Å². The van der Waals surface area contributed by atoms with Gasteiger partial charge in [0.15, 0.2) is 12.2 Å². The summed E-state index contributed by atoms with van der Waals surface area (Å²) in [5.41, 5.74) is -4.20. The quantitative estimate of drug-likeness (QED) is 0.249. The molecule has 2 saturated carbocycles. The maximum absolute atomic E-state index is 13.9. The number of rotatable bonds is 7. The van der Waals surface area contributed by atoms with Crippen molar-refractivity contribution in [3.63, 3.8) is 0 Å². The third kappa shape index (κ3) is 6.20. The summed E-state index contributed by atoms with van der Waals surface area (Å²) in [4.78, 5) is 64.8. The Morgan fingerprint density at radius 3 is 1.89 bits per heavy atom. The molecule has 0 heterocycles. The van der Waals surface area contributed by atoms with Crippen LogP contribution in [0.5, 0.6) is 0 Å². The number of aliphatic hydroxyl groups excluding tert-OH is 1. The van der Waals surface area contributed by atoms with Crippen molar-refractivity contribution < 1.29 is 57.9 Å². The lowest BCUT2D eigenvalue weighted by molar-refractivity contribution is -0.214. The monoisotopic (exact) mass is 656 g/mol. The SMILES string of the molecule is C=C1C(O)CC(OC(C)=O)[C@@]2(C)C(OC(C)=O)C(OC(=O)c3ccccc3)C3=C(C)C(OC(C)=O)C[C@]3(C(C)(C)O)C(OC(C)=O)[C@H]12. The van der Waals surface area contributed by atoms with E-state index in [1.807, 2.05) is 0 Å². The Balaban J connectivity index is 2.19. The van der Waals surface area contributed by atoms with E-state index in [-0.39, 0.29) is 29.6 Å². The molecule has 3 aliphatic rings. The van der Waals surface area contributed by atoms with Crippen LogP contribution in [0.25, 0.3) is 0 Å². The molecular weight excluding hydrogens is 612 g/mol. The number of hydrogen-bond donors (Lipinski definition) is 2. The lowest BCUT2D eigenvalue weighted by atomic mass is 9.54. The molecule has 2 N–H and O–H groups in total. The molecule has 47 heavy (non-hydrogen) atoms. The van der Waals surface area contributed by atoms with Crippen LogP contribution < -0.4 is 0 Å². The van der Waals surface area contributed by atoms with Crippen molar-refractivity contribution in [1.29, 1.82) is 0 Å². The Bertz CT molecular complexity index is 1490. The molecule has 12 nitrogen and oxygen atoms in total. The number of carbonyl (C=O) groups excluding carboxylic acids is 5. The highest BCUT2D eigenvalue weighted by Gasteiger charge is 2.74. The molecular formula is C35H44O12. The number of ether oxygens (including phenoxy) is 5. The van der Waals surface area contributed by atoms with Gasteiger partial charge in [-0.1, -0.05) is 31.7 Å². The van der Waals surface area contributed by atoms with E-state index in [1.165, 1.54) is 46.8 Å². The van der Waals surface area contributed by atoms with Crippen LogP contribution >= 0.6 is 0 Å². The normalized spacial score (nSPS) is 33.5. The molecule has 4 rings (SSSR count). The van der Waals surface area contributed by atoms with Gasteiger partial charge in [-0.05, 0) is 49.6 Å². The minimum Gasteiger partial charge on any atom is -0.462 e. The number of carbonyl (C=O) groups is 5. The summed E-state index contributed by atoms with van der Waals surface area (Å²) in [5.74, 6) is -4.85. The van der Waals surface area contributed by atoms with Crippen LogP contribution in [0.3, 0.4) is 0 Å². The summed E-state index contributed by atoms with van der Waals surface area (Å²) in [7, 11) is 0. The van der Waals surface area contributed by atoms with Gasteiger partial charge in [0.05, 0.1) is 28.1 Å². The van der Waals surface area contributed by atoms with E-state index < -0.39 is 88.8 Å². The number of esters is 5. The number of benzene rings is 1. The highest BCUT2D eigenvalue weighted by atomic mass is 16.6. The lowest BCUT2D eigenvalue weighted by Crippen LogP contribution is -2.64. The molecule has 0 aromatic heterocycles. The van der Waals surface area contributed by atoms with Crippen molar-refractivity contribution in [3.05, 3.63) is 59.2 Å². The van der Waals surface area contributed by atoms with Crippen molar-refractivity contribution in [3.8, 4) is 0 Å². The molecule has 0 radical (unpaired) electrons. The first-order valence-electron chi connectivity index (χ1n) is 15.5. The van der Waals surface area contributed by atoms with Gasteiger partial charge in [-0.3, -0.25) is 19.2 Å². The molecule has 9 atom stereocenters. The average molecular weight is 657 g/mol. The lowest BCUT2D eigenvalue weighted by Gasteiger charge is -2.55. The predicted octanol–water partition coefficient (Wildman–Crippen LogP) is 3.37. The zero-order valence-corrected chi connectivity index (χ0v) is 28.0. The Kier molecular flexibility index (Phi) is 9.81. The van der Waals surface area contributed by atoms with Crippen molar-refractivity contribution in [1.82, 2.24) is 0 Å². The van der Waals surface area contributed by atoms with E-state index in [4.69, 9.17) is 23.7 Å². The summed E-state index contributed by atoms with van der Waals surface area (Å²) in [6.45, 7) is 15.2. The molecule has 0 saturated heterocycles. The van der Waals surface area contributed by atoms with Crippen molar-refractivity contribution in [2.75, 3.05) is 0 Å². The van der Waals surface area contributed by atoms with E-state index in [0.29, 0.717) is 5.57 Å². The Morgan fingerprint density at radius 2 is 1.38 bits per heavy atom. The molecule has 2 fully saturated rings. The molecule has 0 amide bonds. The topological polar surface area (TPSA) is 172 Å². The van der Waals surface area contributed by atoms with Gasteiger partial charge in [-0.25, -0.2) is 4.79 Å². The Morgan fingerprint density at radius 1 is 0.851 bits per heavy atom. The number of fused-ring (bicyclic) bond motifs is 2. The summed E-state index contributed by atoms with van der Waals surface area (Å²) >= 11 is 0. The van der Waals surface area contributed by atoms with Crippen LogP contribution in [0, 0.1) is 16.7 Å². The Labute approximate surface area is 274 Å². The third-order valence-electron chi connectivity index (χ3n) is 10.0. The number of aliphatic hydroxyl groups is 2. The van der Waals surface area contributed by atoms with E-state index in [1.54, 1.807) is 32.0 Å². The van der Waals surface area contributed by atoms with Gasteiger partial charge >= 0.3 is 29.8 Å². The standard InChI is InChI=1S/C35H44O12/c1-17-24(40)15-26(44-20(4)37)34(9)28(17)30(45-21(5)38)35(33(7,8)42)16-25(43-19(3)36)18(2)27(35)29(31(34)46-22(6)39)47-32(41)23-13-11-10-12-14-23/h10-14,24-26,28-31,40,42H,1,15-16H2,2-9H3/t24?,25?,26?,28-,29?,30?,31?,34+,35+/m0/s1. The van der Waals surface area contributed by atoms with Gasteiger partial charge in [0.25, 0.3) is 0 Å². The second-order valence-corrected chi connectivity index (χ2v) is 13.4. The van der Waals surface area contributed by atoms with Gasteiger partial charge < -0.3 is 33.9 Å². The second-order valence-electron chi connectivity index (χ2n) is 13.4. The Hall–Kier alpha value is -4.03. The fraction of sp³-hybridized carbons (Fsp3) is 0.571. The molecule has 0 aliphatic heterocycles. The first kappa shape index (κ1) is 35.8. The summed E-state index contributed by atoms with van der Waals surface area (Å²) in [6.07, 6.45) is -8.13.